The molecule has 0 heterocycles. The molecule has 4 heteroatoms. The first-order valence-electron chi connectivity index (χ1n) is 0.518. The summed E-state index contributed by atoms with van der Waals surface area (Å²) in [6, 6.07) is 0. The van der Waals surface area contributed by atoms with Crippen LogP contribution < -0.4 is 0 Å². The van der Waals surface area contributed by atoms with Gasteiger partial charge in [-0.25, -0.2) is 0 Å². The predicted molar refractivity (Wildman–Crippen MR) is 16.4 cm³/mol. The van der Waals surface area contributed by atoms with Crippen LogP contribution >= 0.6 is 11.8 Å². The summed E-state index contributed by atoms with van der Waals surface area (Å²) in [5.74, 6) is 0. The zero-order valence-corrected chi connectivity index (χ0v) is 3.21. The highest BCUT2D eigenvalue weighted by Crippen LogP contribution is 1.62. The van der Waals surface area contributed by atoms with Crippen molar-refractivity contribution in [1.82, 2.24) is 0 Å². The van der Waals surface area contributed by atoms with E-state index in [1.165, 1.54) is 0 Å². The van der Waals surface area contributed by atoms with E-state index < -0.39 is 0 Å². The molecule has 0 bridgehead atoms. The Balaban J connectivity index is 3.11. The molecule has 4 heavy (non-hydrogen) atoms. The summed E-state index contributed by atoms with van der Waals surface area (Å²) >= 11 is 4.46. The van der Waals surface area contributed by atoms with E-state index >= 15 is 0 Å². The Morgan fingerprint density at radius 3 is 2.25 bits per heavy atom. The Morgan fingerprint density at radius 2 is 2.25 bits per heavy atom. The molecule has 24 valence electrons. The first-order chi connectivity index (χ1) is 1.91. The summed E-state index contributed by atoms with van der Waals surface area (Å²) < 4.78 is 11.5. The fraction of sp³-hybridized carbons (Fsp3) is 0. The van der Waals surface area contributed by atoms with E-state index in [4.69, 9.17) is 4.21 Å². The second-order valence-electron chi connectivity index (χ2n) is 0.144. The first-order valence-corrected chi connectivity index (χ1v) is 1.55. The lowest BCUT2D eigenvalue weighted by molar-refractivity contribution is 0.699. The second kappa shape index (κ2) is 3.11. The minimum Gasteiger partial charge on any atom is -0.190 e. The van der Waals surface area contributed by atoms with Crippen LogP contribution in [0.1, 0.15) is 0 Å². The Bertz CT molecular complexity index is 46.0. The third-order valence-electron chi connectivity index (χ3n) is 0.0282. The van der Waals surface area contributed by atoms with Crippen LogP contribution in [-0.4, -0.2) is 4.21 Å². The van der Waals surface area contributed by atoms with Crippen LogP contribution in [0.4, 0.5) is 0 Å². The molecule has 0 aromatic heterocycles. The van der Waals surface area contributed by atoms with Gasteiger partial charge in [-0.15, -0.1) is 0 Å². The van der Waals surface area contributed by atoms with Gasteiger partial charge in [-0.1, -0.05) is 3.88 Å². The summed E-state index contributed by atoms with van der Waals surface area (Å²) in [4.78, 5) is 0. The van der Waals surface area contributed by atoms with Gasteiger partial charge in [0.15, 0.2) is 0 Å². The Labute approximate surface area is 32.1 Å². The van der Waals surface area contributed by atoms with Crippen LogP contribution in [-0.2, 0) is 11.5 Å². The van der Waals surface area contributed by atoms with Gasteiger partial charge in [0, 0.05) is 0 Å². The summed E-state index contributed by atoms with van der Waals surface area (Å²) in [6.45, 7) is 0. The van der Waals surface area contributed by atoms with E-state index in [2.05, 4.69) is 15.7 Å². The van der Waals surface area contributed by atoms with Gasteiger partial charge in [0.2, 0.25) is 11.5 Å². The lowest BCUT2D eigenvalue weighted by atomic mass is 13.9. The fourth-order valence-electron chi connectivity index (χ4n) is 0. The minimum absolute atomic E-state index is 0.00309. The van der Waals surface area contributed by atoms with Crippen molar-refractivity contribution in [3.8, 4) is 0 Å². The van der Waals surface area contributed by atoms with Gasteiger partial charge in [-0.3, -0.25) is 0 Å². The summed E-state index contributed by atoms with van der Waals surface area (Å²) in [7, 11) is 0. The van der Waals surface area contributed by atoms with Crippen molar-refractivity contribution >= 4 is 23.2 Å². The molecule has 0 aromatic carbocycles. The van der Waals surface area contributed by atoms with Gasteiger partial charge >= 0.3 is 0 Å². The fourth-order valence-corrected chi connectivity index (χ4v) is 0. The van der Waals surface area contributed by atoms with E-state index in [-0.39, 0.29) is 11.5 Å². The molecule has 0 aromatic rings. The molecule has 0 fully saturated rings. The topological polar surface area (TPSA) is 29.4 Å². The Hall–Kier alpha value is 0.110. The van der Waals surface area contributed by atoms with Gasteiger partial charge in [-0.2, -0.15) is 4.21 Å². The average molecular weight is 97.5 g/mol. The summed E-state index contributed by atoms with van der Waals surface area (Å²) in [6.07, 6.45) is 0. The molecule has 0 atom stereocenters. The molecule has 0 radical (unpaired) electrons. The van der Waals surface area contributed by atoms with E-state index in [9.17, 15) is 0 Å². The monoisotopic (exact) mass is 96.9 g/mol. The first kappa shape index (κ1) is 4.11. The minimum atomic E-state index is -0.00309. The largest absolute Gasteiger partial charge is 0.217 e. The highest BCUT2D eigenvalue weighted by molar-refractivity contribution is 7.55. The van der Waals surface area contributed by atoms with Crippen molar-refractivity contribution in [3.63, 3.8) is 0 Å². The summed E-state index contributed by atoms with van der Waals surface area (Å²) in [5.41, 5.74) is 0. The lowest BCUT2D eigenvalue weighted by Crippen LogP contribution is -1.19. The van der Waals surface area contributed by atoms with Crippen molar-refractivity contribution in [2.75, 3.05) is 0 Å². The van der Waals surface area contributed by atoms with Crippen molar-refractivity contribution in [1.29, 1.82) is 0 Å². The van der Waals surface area contributed by atoms with Gasteiger partial charge in [0.25, 0.3) is 0 Å². The van der Waals surface area contributed by atoms with Crippen LogP contribution in [0.2, 0.25) is 0 Å². The number of hydrogen-bond donors (Lipinski definition) is 0. The predicted octanol–water partition coefficient (Wildman–Crippen LogP) is 0.537. The number of halogens is 1. The maximum atomic E-state index is 8.92. The molecule has 2 nitrogen and oxygen atoms in total. The van der Waals surface area contributed by atoms with E-state index in [1.807, 2.05) is 0 Å². The standard InChI is InChI=1S/ClNOS/c1-2-4-3. The molecule has 0 spiro atoms. The third-order valence-corrected chi connectivity index (χ3v) is 0.254. The van der Waals surface area contributed by atoms with Crippen LogP contribution in [0.15, 0.2) is 3.88 Å². The zero-order chi connectivity index (χ0) is 3.41. The molecule has 0 amide bonds. The maximum Gasteiger partial charge on any atom is 0.217 e. The molecule has 0 saturated carbocycles. The molecule has 0 aliphatic heterocycles. The molecule has 0 aliphatic rings. The van der Waals surface area contributed by atoms with Gasteiger partial charge in [-0.05, 0) is 0 Å². The van der Waals surface area contributed by atoms with Crippen molar-refractivity contribution in [2.45, 2.75) is 0 Å². The van der Waals surface area contributed by atoms with E-state index in [0.29, 0.717) is 0 Å². The summed E-state index contributed by atoms with van der Waals surface area (Å²) in [5, 5.41) is 0. The molecular weight excluding hydrogens is 97.5 g/mol. The van der Waals surface area contributed by atoms with Crippen molar-refractivity contribution in [3.05, 3.63) is 0 Å². The van der Waals surface area contributed by atoms with Crippen LogP contribution in [0.5, 0.6) is 0 Å². The molecular formula is ClNOS. The smallest absolute Gasteiger partial charge is 0.190 e. The molecule has 0 saturated heterocycles. The van der Waals surface area contributed by atoms with Gasteiger partial charge < -0.3 is 0 Å². The molecule has 0 rings (SSSR count). The lowest BCUT2D eigenvalue weighted by Gasteiger charge is -1.29. The van der Waals surface area contributed by atoms with E-state index in [0.717, 1.165) is 0 Å². The Kier molecular flexibility index (Phi) is 3.20. The number of rotatable bonds is 0. The quantitative estimate of drug-likeness (QED) is 0.434. The van der Waals surface area contributed by atoms with Crippen LogP contribution in [0.3, 0.4) is 0 Å². The molecule has 0 unspecified atom stereocenters. The average Bonchev–Trinajstić information content (AvgIpc) is 1.37. The highest BCUT2D eigenvalue weighted by atomic mass is 35.5. The SMILES string of the molecule is O=S=NCl. The van der Waals surface area contributed by atoms with E-state index in [1.54, 1.807) is 0 Å². The number of hydrogen-bond acceptors (Lipinski definition) is 2. The molecule has 0 N–H and O–H groups in total. The Morgan fingerprint density at radius 1 is 2.00 bits per heavy atom. The second-order valence-corrected chi connectivity index (χ2v) is 0.845. The molecule has 0 aliphatic carbocycles. The van der Waals surface area contributed by atoms with Gasteiger partial charge in [0.05, 0.1) is 11.8 Å². The van der Waals surface area contributed by atoms with Gasteiger partial charge in [0.1, 0.15) is 0 Å². The highest BCUT2D eigenvalue weighted by Gasteiger charge is 1.34. The number of nitrogens with zero attached hydrogens (tertiary/aromatic N) is 1. The van der Waals surface area contributed by atoms with Crippen LogP contribution in [0.25, 0.3) is 0 Å². The third kappa shape index (κ3) is 2.11. The van der Waals surface area contributed by atoms with Crippen molar-refractivity contribution in [2.24, 2.45) is 3.88 Å². The maximum absolute atomic E-state index is 8.92. The zero-order valence-electron chi connectivity index (χ0n) is 1.64. The van der Waals surface area contributed by atoms with Crippen LogP contribution in [0, 0.1) is 0 Å². The van der Waals surface area contributed by atoms with Crippen molar-refractivity contribution < 1.29 is 4.21 Å². The normalized spacial score (nSPS) is 5.25.